The summed E-state index contributed by atoms with van der Waals surface area (Å²) in [6, 6.07) is 10.7. The van der Waals surface area contributed by atoms with Crippen LogP contribution < -0.4 is 0 Å². The van der Waals surface area contributed by atoms with E-state index in [1.807, 2.05) is 24.9 Å². The Morgan fingerprint density at radius 2 is 1.95 bits per heavy atom. The van der Waals surface area contributed by atoms with Crippen LogP contribution in [0.25, 0.3) is 0 Å². The SMILES string of the molecule is Cc1nc(C)c(C(=O)N(C)[C@@H]2CCC[C@@H]2c2ccccc2)o1. The normalized spacial score (nSPS) is 21.0. The minimum atomic E-state index is -0.0640. The van der Waals surface area contributed by atoms with Crippen LogP contribution >= 0.6 is 0 Å². The summed E-state index contributed by atoms with van der Waals surface area (Å²) in [5.74, 6) is 1.25. The number of aromatic nitrogens is 1. The van der Waals surface area contributed by atoms with E-state index in [1.54, 1.807) is 6.92 Å². The highest BCUT2D eigenvalue weighted by Crippen LogP contribution is 2.37. The van der Waals surface area contributed by atoms with Crippen molar-refractivity contribution >= 4 is 5.91 Å². The lowest BCUT2D eigenvalue weighted by Gasteiger charge is -2.29. The third-order valence-corrected chi connectivity index (χ3v) is 4.62. The first-order chi connectivity index (χ1) is 10.6. The van der Waals surface area contributed by atoms with E-state index in [4.69, 9.17) is 4.42 Å². The molecule has 1 aromatic heterocycles. The van der Waals surface area contributed by atoms with Crippen molar-refractivity contribution in [3.8, 4) is 0 Å². The molecule has 1 fully saturated rings. The Hall–Kier alpha value is -2.10. The molecule has 0 aliphatic heterocycles. The summed E-state index contributed by atoms with van der Waals surface area (Å²) in [4.78, 5) is 18.8. The average Bonchev–Trinajstić information content (AvgIpc) is 3.13. The molecule has 1 saturated carbocycles. The molecule has 0 unspecified atom stereocenters. The second kappa shape index (κ2) is 5.95. The number of hydrogen-bond acceptors (Lipinski definition) is 3. The van der Waals surface area contributed by atoms with Gasteiger partial charge in [0.1, 0.15) is 0 Å². The number of amides is 1. The first-order valence-corrected chi connectivity index (χ1v) is 7.84. The standard InChI is InChI=1S/C18H22N2O2/c1-12-17(22-13(2)19-12)18(21)20(3)16-11-7-10-15(16)14-8-5-4-6-9-14/h4-6,8-9,15-16H,7,10-11H2,1-3H3/t15-,16-/m1/s1. The van der Waals surface area contributed by atoms with Gasteiger partial charge in [-0.25, -0.2) is 4.98 Å². The molecule has 4 nitrogen and oxygen atoms in total. The quantitative estimate of drug-likeness (QED) is 0.868. The highest BCUT2D eigenvalue weighted by molar-refractivity contribution is 5.92. The van der Waals surface area contributed by atoms with E-state index in [0.29, 0.717) is 23.3 Å². The Bertz CT molecular complexity index is 663. The summed E-state index contributed by atoms with van der Waals surface area (Å²) in [6.07, 6.45) is 3.31. The van der Waals surface area contributed by atoms with Gasteiger partial charge in [0.25, 0.3) is 5.91 Å². The number of carbonyl (C=O) groups is 1. The fourth-order valence-electron chi connectivity index (χ4n) is 3.53. The molecule has 4 heteroatoms. The van der Waals surface area contributed by atoms with Crippen LogP contribution in [0.3, 0.4) is 0 Å². The van der Waals surface area contributed by atoms with E-state index in [-0.39, 0.29) is 11.9 Å². The van der Waals surface area contributed by atoms with Gasteiger partial charge in [-0.1, -0.05) is 36.8 Å². The molecule has 1 amide bonds. The Balaban J connectivity index is 1.83. The number of carbonyl (C=O) groups excluding carboxylic acids is 1. The van der Waals surface area contributed by atoms with E-state index in [2.05, 4.69) is 29.2 Å². The molecule has 2 atom stereocenters. The van der Waals surface area contributed by atoms with Crippen molar-refractivity contribution in [2.75, 3.05) is 7.05 Å². The van der Waals surface area contributed by atoms with Crippen molar-refractivity contribution in [2.24, 2.45) is 0 Å². The molecule has 3 rings (SSSR count). The summed E-state index contributed by atoms with van der Waals surface area (Å²) in [5, 5.41) is 0. The Kier molecular flexibility index (Phi) is 4.01. The molecule has 0 N–H and O–H groups in total. The predicted octanol–water partition coefficient (Wildman–Crippen LogP) is 3.70. The minimum Gasteiger partial charge on any atom is -0.436 e. The zero-order valence-corrected chi connectivity index (χ0v) is 13.4. The third kappa shape index (κ3) is 2.65. The fourth-order valence-corrected chi connectivity index (χ4v) is 3.53. The van der Waals surface area contributed by atoms with Gasteiger partial charge in [0.05, 0.1) is 5.69 Å². The lowest BCUT2D eigenvalue weighted by atomic mass is 9.93. The Morgan fingerprint density at radius 3 is 2.59 bits per heavy atom. The molecule has 2 aromatic rings. The van der Waals surface area contributed by atoms with Crippen LogP contribution in [0.5, 0.6) is 0 Å². The van der Waals surface area contributed by atoms with Gasteiger partial charge in [-0.05, 0) is 25.3 Å². The van der Waals surface area contributed by atoms with Crippen LogP contribution in [0, 0.1) is 13.8 Å². The van der Waals surface area contributed by atoms with Crippen molar-refractivity contribution in [3.63, 3.8) is 0 Å². The average molecular weight is 298 g/mol. The minimum absolute atomic E-state index is 0.0640. The van der Waals surface area contributed by atoms with Gasteiger partial charge in [-0.15, -0.1) is 0 Å². The first-order valence-electron chi connectivity index (χ1n) is 7.84. The maximum Gasteiger partial charge on any atom is 0.291 e. The topological polar surface area (TPSA) is 46.3 Å². The molecule has 0 radical (unpaired) electrons. The molecule has 0 spiro atoms. The van der Waals surface area contributed by atoms with Crippen LogP contribution in [-0.4, -0.2) is 28.9 Å². The number of hydrogen-bond donors (Lipinski definition) is 0. The zero-order valence-electron chi connectivity index (χ0n) is 13.4. The van der Waals surface area contributed by atoms with Gasteiger partial charge >= 0.3 is 0 Å². The summed E-state index contributed by atoms with van der Waals surface area (Å²) in [6.45, 7) is 3.59. The van der Waals surface area contributed by atoms with Crippen molar-refractivity contribution < 1.29 is 9.21 Å². The van der Waals surface area contributed by atoms with E-state index >= 15 is 0 Å². The molecule has 1 aliphatic carbocycles. The molecule has 1 heterocycles. The van der Waals surface area contributed by atoms with E-state index in [9.17, 15) is 4.79 Å². The maximum atomic E-state index is 12.7. The van der Waals surface area contributed by atoms with Crippen LogP contribution in [0.1, 0.15) is 52.9 Å². The van der Waals surface area contributed by atoms with Crippen LogP contribution in [0.2, 0.25) is 0 Å². The first kappa shape index (κ1) is 14.8. The Morgan fingerprint density at radius 1 is 1.23 bits per heavy atom. The van der Waals surface area contributed by atoms with E-state index in [1.165, 1.54) is 5.56 Å². The lowest BCUT2D eigenvalue weighted by Crippen LogP contribution is -2.38. The van der Waals surface area contributed by atoms with Crippen molar-refractivity contribution in [2.45, 2.75) is 45.1 Å². The van der Waals surface area contributed by atoms with Crippen molar-refractivity contribution in [1.82, 2.24) is 9.88 Å². The summed E-state index contributed by atoms with van der Waals surface area (Å²) in [5.41, 5.74) is 1.98. The number of likely N-dealkylation sites (N-methyl/N-ethyl adjacent to an activating group) is 1. The van der Waals surface area contributed by atoms with Gasteiger partial charge in [-0.3, -0.25) is 4.79 Å². The van der Waals surface area contributed by atoms with Gasteiger partial charge in [0.15, 0.2) is 5.89 Å². The van der Waals surface area contributed by atoms with E-state index in [0.717, 1.165) is 19.3 Å². The summed E-state index contributed by atoms with van der Waals surface area (Å²) < 4.78 is 5.50. The lowest BCUT2D eigenvalue weighted by molar-refractivity contribution is 0.0687. The molecule has 0 bridgehead atoms. The predicted molar refractivity (Wildman–Crippen MR) is 84.9 cm³/mol. The molecule has 1 aliphatic rings. The van der Waals surface area contributed by atoms with Gasteiger partial charge < -0.3 is 9.32 Å². The number of rotatable bonds is 3. The third-order valence-electron chi connectivity index (χ3n) is 4.62. The molecule has 116 valence electrons. The van der Waals surface area contributed by atoms with Crippen LogP contribution in [0.15, 0.2) is 34.7 Å². The van der Waals surface area contributed by atoms with Crippen molar-refractivity contribution in [3.05, 3.63) is 53.2 Å². The van der Waals surface area contributed by atoms with Gasteiger partial charge in [0.2, 0.25) is 5.76 Å². The number of oxazole rings is 1. The van der Waals surface area contributed by atoms with Gasteiger partial charge in [0, 0.05) is 25.9 Å². The molecular formula is C18H22N2O2. The summed E-state index contributed by atoms with van der Waals surface area (Å²) in [7, 11) is 1.88. The monoisotopic (exact) mass is 298 g/mol. The number of aryl methyl sites for hydroxylation is 2. The largest absolute Gasteiger partial charge is 0.436 e. The maximum absolute atomic E-state index is 12.7. The fraction of sp³-hybridized carbons (Fsp3) is 0.444. The molecule has 1 aromatic carbocycles. The summed E-state index contributed by atoms with van der Waals surface area (Å²) >= 11 is 0. The van der Waals surface area contributed by atoms with Crippen LogP contribution in [0.4, 0.5) is 0 Å². The van der Waals surface area contributed by atoms with Gasteiger partial charge in [-0.2, -0.15) is 0 Å². The van der Waals surface area contributed by atoms with E-state index < -0.39 is 0 Å². The Labute approximate surface area is 131 Å². The highest BCUT2D eigenvalue weighted by atomic mass is 16.4. The second-order valence-electron chi connectivity index (χ2n) is 6.08. The van der Waals surface area contributed by atoms with Crippen molar-refractivity contribution in [1.29, 1.82) is 0 Å². The number of nitrogens with zero attached hydrogens (tertiary/aromatic N) is 2. The zero-order chi connectivity index (χ0) is 15.7. The molecular weight excluding hydrogens is 276 g/mol. The smallest absolute Gasteiger partial charge is 0.291 e. The molecule has 22 heavy (non-hydrogen) atoms. The van der Waals surface area contributed by atoms with Crippen LogP contribution in [-0.2, 0) is 0 Å². The number of benzene rings is 1. The highest BCUT2D eigenvalue weighted by Gasteiger charge is 2.35. The second-order valence-corrected chi connectivity index (χ2v) is 6.08. The molecule has 0 saturated heterocycles.